The van der Waals surface area contributed by atoms with E-state index in [4.69, 9.17) is 4.42 Å². The van der Waals surface area contributed by atoms with E-state index < -0.39 is 0 Å². The van der Waals surface area contributed by atoms with Crippen LogP contribution in [0.1, 0.15) is 44.9 Å². The Bertz CT molecular complexity index is 513. The predicted molar refractivity (Wildman–Crippen MR) is 81.4 cm³/mol. The molecule has 104 valence electrons. The first-order chi connectivity index (χ1) is 9.22. The number of aryl methyl sites for hydroxylation is 1. The molecule has 1 aromatic heterocycles. The molecule has 19 heavy (non-hydrogen) atoms. The summed E-state index contributed by atoms with van der Waals surface area (Å²) in [4.78, 5) is 0. The highest BCUT2D eigenvalue weighted by molar-refractivity contribution is 5.82. The number of hydrogen-bond acceptors (Lipinski definition) is 2. The molecule has 0 atom stereocenters. The van der Waals surface area contributed by atoms with E-state index in [1.165, 1.54) is 23.8 Å². The van der Waals surface area contributed by atoms with Gasteiger partial charge in [0.2, 0.25) is 0 Å². The van der Waals surface area contributed by atoms with Gasteiger partial charge in [-0.15, -0.1) is 0 Å². The van der Waals surface area contributed by atoms with Gasteiger partial charge >= 0.3 is 0 Å². The van der Waals surface area contributed by atoms with Crippen LogP contribution in [0, 0.1) is 5.92 Å². The lowest BCUT2D eigenvalue weighted by molar-refractivity contribution is 0.518. The summed E-state index contributed by atoms with van der Waals surface area (Å²) >= 11 is 0. The van der Waals surface area contributed by atoms with Crippen molar-refractivity contribution < 1.29 is 4.42 Å². The third-order valence-corrected chi connectivity index (χ3v) is 3.54. The molecule has 0 aliphatic heterocycles. The van der Waals surface area contributed by atoms with Crippen molar-refractivity contribution in [1.29, 1.82) is 0 Å². The molecule has 1 aromatic carbocycles. The molecule has 0 saturated carbocycles. The lowest BCUT2D eigenvalue weighted by atomic mass is 10.1. The first kappa shape index (κ1) is 14.1. The minimum Gasteiger partial charge on any atom is -0.461 e. The van der Waals surface area contributed by atoms with Crippen LogP contribution in [0.4, 0.5) is 0 Å². The number of benzene rings is 1. The van der Waals surface area contributed by atoms with Crippen molar-refractivity contribution >= 4 is 11.0 Å². The second-order valence-electron chi connectivity index (χ2n) is 5.57. The number of furan rings is 1. The molecule has 2 heteroatoms. The van der Waals surface area contributed by atoms with E-state index in [1.54, 1.807) is 0 Å². The van der Waals surface area contributed by atoms with Gasteiger partial charge in [-0.3, -0.25) is 0 Å². The summed E-state index contributed by atoms with van der Waals surface area (Å²) in [5.41, 5.74) is 2.35. The summed E-state index contributed by atoms with van der Waals surface area (Å²) in [6.45, 7) is 8.71. The number of rotatable bonds is 7. The van der Waals surface area contributed by atoms with Crippen molar-refractivity contribution in [3.63, 3.8) is 0 Å². The summed E-state index contributed by atoms with van der Waals surface area (Å²) in [6, 6.07) is 8.32. The molecule has 0 fully saturated rings. The SMILES string of the molecule is CCc1oc2ccccc2c1CNCCCC(C)C. The van der Waals surface area contributed by atoms with Crippen LogP contribution >= 0.6 is 0 Å². The Hall–Kier alpha value is -1.28. The molecule has 0 spiro atoms. The average molecular weight is 259 g/mol. The van der Waals surface area contributed by atoms with Gasteiger partial charge in [-0.25, -0.2) is 0 Å². The molecule has 0 unspecified atom stereocenters. The second-order valence-corrected chi connectivity index (χ2v) is 5.57. The van der Waals surface area contributed by atoms with Crippen molar-refractivity contribution in [2.24, 2.45) is 5.92 Å². The Morgan fingerprint density at radius 3 is 2.74 bits per heavy atom. The first-order valence-corrected chi connectivity index (χ1v) is 7.42. The van der Waals surface area contributed by atoms with Crippen LogP contribution in [0.3, 0.4) is 0 Å². The third-order valence-electron chi connectivity index (χ3n) is 3.54. The smallest absolute Gasteiger partial charge is 0.134 e. The molecule has 2 nitrogen and oxygen atoms in total. The average Bonchev–Trinajstić information content (AvgIpc) is 2.76. The summed E-state index contributed by atoms with van der Waals surface area (Å²) in [7, 11) is 0. The maximum absolute atomic E-state index is 5.90. The largest absolute Gasteiger partial charge is 0.461 e. The van der Waals surface area contributed by atoms with Crippen molar-refractivity contribution in [2.45, 2.75) is 46.6 Å². The second kappa shape index (κ2) is 6.76. The third kappa shape index (κ3) is 3.60. The molecule has 1 N–H and O–H groups in total. The minimum absolute atomic E-state index is 0.794. The van der Waals surface area contributed by atoms with Crippen LogP contribution in [0.2, 0.25) is 0 Å². The van der Waals surface area contributed by atoms with Crippen LogP contribution in [-0.4, -0.2) is 6.54 Å². The van der Waals surface area contributed by atoms with Gasteiger partial charge in [-0.1, -0.05) is 39.0 Å². The lowest BCUT2D eigenvalue weighted by Gasteiger charge is -2.07. The van der Waals surface area contributed by atoms with Crippen LogP contribution in [-0.2, 0) is 13.0 Å². The predicted octanol–water partition coefficient (Wildman–Crippen LogP) is 4.52. The Morgan fingerprint density at radius 2 is 2.00 bits per heavy atom. The Balaban J connectivity index is 1.99. The minimum atomic E-state index is 0.794. The van der Waals surface area contributed by atoms with E-state index in [0.29, 0.717) is 0 Å². The van der Waals surface area contributed by atoms with Gasteiger partial charge in [0.15, 0.2) is 0 Å². The molecule has 0 radical (unpaired) electrons. The number of nitrogens with one attached hydrogen (secondary N) is 1. The summed E-state index contributed by atoms with van der Waals surface area (Å²) in [5, 5.41) is 4.81. The standard InChI is InChI=1S/C17H25NO/c1-4-16-15(12-18-11-7-8-13(2)3)14-9-5-6-10-17(14)19-16/h5-6,9-10,13,18H,4,7-8,11-12H2,1-3H3. The van der Waals surface area contributed by atoms with Gasteiger partial charge in [-0.2, -0.15) is 0 Å². The highest BCUT2D eigenvalue weighted by Gasteiger charge is 2.11. The van der Waals surface area contributed by atoms with E-state index in [0.717, 1.165) is 36.8 Å². The fraction of sp³-hybridized carbons (Fsp3) is 0.529. The maximum atomic E-state index is 5.90. The highest BCUT2D eigenvalue weighted by atomic mass is 16.3. The van der Waals surface area contributed by atoms with Crippen molar-refractivity contribution in [3.8, 4) is 0 Å². The monoisotopic (exact) mass is 259 g/mol. The van der Waals surface area contributed by atoms with Crippen LogP contribution in [0.25, 0.3) is 11.0 Å². The molecule has 0 bridgehead atoms. The lowest BCUT2D eigenvalue weighted by Crippen LogP contribution is -2.15. The molecule has 2 rings (SSSR count). The summed E-state index contributed by atoms with van der Waals surface area (Å²) in [6.07, 6.45) is 3.49. The summed E-state index contributed by atoms with van der Waals surface area (Å²) in [5.74, 6) is 1.92. The van der Waals surface area contributed by atoms with E-state index in [1.807, 2.05) is 6.07 Å². The van der Waals surface area contributed by atoms with Gasteiger partial charge in [-0.05, 0) is 31.4 Å². The van der Waals surface area contributed by atoms with E-state index in [2.05, 4.69) is 44.3 Å². The van der Waals surface area contributed by atoms with E-state index in [9.17, 15) is 0 Å². The van der Waals surface area contributed by atoms with Crippen LogP contribution < -0.4 is 5.32 Å². The van der Waals surface area contributed by atoms with Gasteiger partial charge in [0.05, 0.1) is 0 Å². The maximum Gasteiger partial charge on any atom is 0.134 e. The number of para-hydroxylation sites is 1. The van der Waals surface area contributed by atoms with Crippen LogP contribution in [0.15, 0.2) is 28.7 Å². The van der Waals surface area contributed by atoms with E-state index in [-0.39, 0.29) is 0 Å². The Kier molecular flexibility index (Phi) is 5.03. The zero-order chi connectivity index (χ0) is 13.7. The van der Waals surface area contributed by atoms with Crippen LogP contribution in [0.5, 0.6) is 0 Å². The van der Waals surface area contributed by atoms with Crippen molar-refractivity contribution in [2.75, 3.05) is 6.54 Å². The quantitative estimate of drug-likeness (QED) is 0.739. The molecular formula is C17H25NO. The van der Waals surface area contributed by atoms with Crippen molar-refractivity contribution in [3.05, 3.63) is 35.6 Å². The topological polar surface area (TPSA) is 25.2 Å². The molecule has 0 saturated heterocycles. The van der Waals surface area contributed by atoms with Gasteiger partial charge in [0.25, 0.3) is 0 Å². The van der Waals surface area contributed by atoms with Gasteiger partial charge in [0, 0.05) is 23.9 Å². The zero-order valence-electron chi connectivity index (χ0n) is 12.3. The number of fused-ring (bicyclic) bond motifs is 1. The molecule has 0 amide bonds. The number of hydrogen-bond donors (Lipinski definition) is 1. The Morgan fingerprint density at radius 1 is 1.21 bits per heavy atom. The zero-order valence-corrected chi connectivity index (χ0v) is 12.3. The molecule has 0 aliphatic carbocycles. The Labute approximate surface area is 116 Å². The molecule has 1 heterocycles. The molecular weight excluding hydrogens is 234 g/mol. The van der Waals surface area contributed by atoms with Crippen molar-refractivity contribution in [1.82, 2.24) is 5.32 Å². The van der Waals surface area contributed by atoms with Gasteiger partial charge in [0.1, 0.15) is 11.3 Å². The molecule has 2 aromatic rings. The fourth-order valence-electron chi connectivity index (χ4n) is 2.48. The highest BCUT2D eigenvalue weighted by Crippen LogP contribution is 2.26. The van der Waals surface area contributed by atoms with E-state index >= 15 is 0 Å². The molecule has 0 aliphatic rings. The van der Waals surface area contributed by atoms with Gasteiger partial charge < -0.3 is 9.73 Å². The normalized spacial score (nSPS) is 11.6. The fourth-order valence-corrected chi connectivity index (χ4v) is 2.48. The summed E-state index contributed by atoms with van der Waals surface area (Å²) < 4.78 is 5.90. The first-order valence-electron chi connectivity index (χ1n) is 7.42.